The van der Waals surface area contributed by atoms with Gasteiger partial charge in [-0.25, -0.2) is 4.39 Å². The number of rotatable bonds is 3. The predicted molar refractivity (Wildman–Crippen MR) is 79.5 cm³/mol. The van der Waals surface area contributed by atoms with E-state index >= 15 is 0 Å². The van der Waals surface area contributed by atoms with E-state index in [1.54, 1.807) is 6.07 Å². The van der Waals surface area contributed by atoms with Crippen LogP contribution in [0.2, 0.25) is 0 Å². The fraction of sp³-hybridized carbons (Fsp3) is 0.176. The lowest BCUT2D eigenvalue weighted by Gasteiger charge is -2.08. The van der Waals surface area contributed by atoms with Crippen LogP contribution >= 0.6 is 11.6 Å². The Balaban J connectivity index is 2.14. The Labute approximate surface area is 123 Å². The minimum absolute atomic E-state index is 0.202. The molecule has 2 rings (SSSR count). The van der Waals surface area contributed by atoms with Gasteiger partial charge in [0.2, 0.25) is 0 Å². The molecule has 0 aliphatic carbocycles. The molecule has 0 unspecified atom stereocenters. The van der Waals surface area contributed by atoms with Gasteiger partial charge in [-0.15, -0.1) is 11.6 Å². The summed E-state index contributed by atoms with van der Waals surface area (Å²) >= 11 is 5.52. The highest BCUT2D eigenvalue weighted by atomic mass is 35.5. The minimum Gasteiger partial charge on any atom is -0.488 e. The molecule has 2 aromatic rings. The van der Waals surface area contributed by atoms with Gasteiger partial charge >= 0.3 is 0 Å². The highest BCUT2D eigenvalue weighted by Gasteiger charge is 2.04. The van der Waals surface area contributed by atoms with Gasteiger partial charge in [0.25, 0.3) is 0 Å². The zero-order chi connectivity index (χ0) is 14.4. The summed E-state index contributed by atoms with van der Waals surface area (Å²) in [7, 11) is 0. The van der Waals surface area contributed by atoms with Crippen molar-refractivity contribution >= 4 is 11.6 Å². The lowest BCUT2D eigenvalue weighted by molar-refractivity contribution is 0.305. The van der Waals surface area contributed by atoms with E-state index in [2.05, 4.69) is 11.8 Å². The van der Waals surface area contributed by atoms with Gasteiger partial charge in [0.1, 0.15) is 18.2 Å². The van der Waals surface area contributed by atoms with Crippen LogP contribution in [-0.4, -0.2) is 5.88 Å². The van der Waals surface area contributed by atoms with Crippen LogP contribution in [0, 0.1) is 24.6 Å². The van der Waals surface area contributed by atoms with Crippen LogP contribution in [0.15, 0.2) is 42.5 Å². The quantitative estimate of drug-likeness (QED) is 0.604. The third kappa shape index (κ3) is 4.01. The highest BCUT2D eigenvalue weighted by molar-refractivity contribution is 6.19. The molecule has 20 heavy (non-hydrogen) atoms. The fourth-order valence-electron chi connectivity index (χ4n) is 1.70. The van der Waals surface area contributed by atoms with E-state index in [0.717, 1.165) is 5.56 Å². The number of hydrogen-bond acceptors (Lipinski definition) is 1. The zero-order valence-corrected chi connectivity index (χ0v) is 11.9. The summed E-state index contributed by atoms with van der Waals surface area (Å²) in [5, 5.41) is 0. The first-order valence-corrected chi connectivity index (χ1v) is 6.75. The van der Waals surface area contributed by atoms with Gasteiger partial charge in [-0.1, -0.05) is 41.7 Å². The number of alkyl halides is 1. The van der Waals surface area contributed by atoms with E-state index < -0.39 is 0 Å². The Morgan fingerprint density at radius 2 is 1.90 bits per heavy atom. The van der Waals surface area contributed by atoms with Crippen molar-refractivity contribution in [3.05, 3.63) is 65.0 Å². The summed E-state index contributed by atoms with van der Waals surface area (Å²) in [6, 6.07) is 12.4. The molecule has 0 aromatic heterocycles. The maximum Gasteiger partial charge on any atom is 0.135 e. The van der Waals surface area contributed by atoms with Gasteiger partial charge in [0, 0.05) is 0 Å². The Kier molecular flexibility index (Phi) is 5.03. The zero-order valence-electron chi connectivity index (χ0n) is 11.1. The normalized spacial score (nSPS) is 9.75. The third-order valence-corrected chi connectivity index (χ3v) is 2.88. The molecule has 3 heteroatoms. The van der Waals surface area contributed by atoms with Crippen molar-refractivity contribution in [2.75, 3.05) is 5.88 Å². The second kappa shape index (κ2) is 6.98. The van der Waals surface area contributed by atoms with Crippen LogP contribution in [-0.2, 0) is 6.61 Å². The molecule has 0 radical (unpaired) electrons. The topological polar surface area (TPSA) is 9.23 Å². The number of benzene rings is 2. The Morgan fingerprint density at radius 1 is 1.15 bits per heavy atom. The average molecular weight is 289 g/mol. The molecule has 0 N–H and O–H groups in total. The lowest BCUT2D eigenvalue weighted by atomic mass is 10.1. The molecule has 0 aliphatic rings. The molecule has 2 aromatic carbocycles. The molecule has 0 spiro atoms. The van der Waals surface area contributed by atoms with Crippen molar-refractivity contribution in [2.45, 2.75) is 13.5 Å². The fourth-order valence-corrected chi connectivity index (χ4v) is 1.77. The van der Waals surface area contributed by atoms with E-state index in [1.807, 2.05) is 31.2 Å². The summed E-state index contributed by atoms with van der Waals surface area (Å²) in [5.74, 6) is 5.93. The van der Waals surface area contributed by atoms with E-state index in [-0.39, 0.29) is 11.7 Å². The summed E-state index contributed by atoms with van der Waals surface area (Å²) in [5.41, 5.74) is 2.76. The van der Waals surface area contributed by atoms with E-state index in [9.17, 15) is 4.39 Å². The van der Waals surface area contributed by atoms with Gasteiger partial charge in [-0.05, 0) is 30.7 Å². The van der Waals surface area contributed by atoms with Crippen LogP contribution in [0.3, 0.4) is 0 Å². The minimum atomic E-state index is -0.341. The molecule has 102 valence electrons. The standard InChI is InChI=1S/C17H14ClFO/c1-13-4-6-14(7-5-13)12-20-17-9-8-16(19)11-15(17)3-2-10-18/h4-9,11H,10,12H2,1H3. The second-order valence-corrected chi connectivity index (χ2v) is 4.62. The van der Waals surface area contributed by atoms with Crippen LogP contribution in [0.5, 0.6) is 5.75 Å². The monoisotopic (exact) mass is 288 g/mol. The Morgan fingerprint density at radius 3 is 2.60 bits per heavy atom. The van der Waals surface area contributed by atoms with Crippen LogP contribution in [0.25, 0.3) is 0 Å². The predicted octanol–water partition coefficient (Wildman–Crippen LogP) is 4.30. The molecular weight excluding hydrogens is 275 g/mol. The van der Waals surface area contributed by atoms with Crippen LogP contribution < -0.4 is 4.74 Å². The maximum atomic E-state index is 13.2. The number of aryl methyl sites for hydroxylation is 1. The molecule has 0 saturated carbocycles. The smallest absolute Gasteiger partial charge is 0.135 e. The first-order valence-electron chi connectivity index (χ1n) is 6.22. The molecular formula is C17H14ClFO. The summed E-state index contributed by atoms with van der Waals surface area (Å²) in [6.07, 6.45) is 0. The second-order valence-electron chi connectivity index (χ2n) is 4.35. The van der Waals surface area contributed by atoms with Crippen molar-refractivity contribution in [2.24, 2.45) is 0 Å². The van der Waals surface area contributed by atoms with E-state index in [0.29, 0.717) is 17.9 Å². The van der Waals surface area contributed by atoms with Gasteiger partial charge in [-0.3, -0.25) is 0 Å². The molecule has 1 nitrogen and oxygen atoms in total. The Hall–Kier alpha value is -1.98. The summed E-state index contributed by atoms with van der Waals surface area (Å²) in [6.45, 7) is 2.45. The Bertz CT molecular complexity index is 638. The van der Waals surface area contributed by atoms with Crippen molar-refractivity contribution in [3.8, 4) is 17.6 Å². The molecule has 0 heterocycles. The number of hydrogen-bond donors (Lipinski definition) is 0. The molecule has 0 aliphatic heterocycles. The van der Waals surface area contributed by atoms with Crippen LogP contribution in [0.4, 0.5) is 4.39 Å². The summed E-state index contributed by atoms with van der Waals surface area (Å²) in [4.78, 5) is 0. The molecule has 0 saturated heterocycles. The lowest BCUT2D eigenvalue weighted by Crippen LogP contribution is -1.98. The largest absolute Gasteiger partial charge is 0.488 e. The van der Waals surface area contributed by atoms with Crippen LogP contribution in [0.1, 0.15) is 16.7 Å². The third-order valence-electron chi connectivity index (χ3n) is 2.75. The van der Waals surface area contributed by atoms with Crippen molar-refractivity contribution in [1.29, 1.82) is 0 Å². The van der Waals surface area contributed by atoms with Gasteiger partial charge in [0.05, 0.1) is 11.4 Å². The molecule has 0 fully saturated rings. The maximum absolute atomic E-state index is 13.2. The highest BCUT2D eigenvalue weighted by Crippen LogP contribution is 2.20. The first kappa shape index (κ1) is 14.4. The van der Waals surface area contributed by atoms with Gasteiger partial charge in [0.15, 0.2) is 0 Å². The first-order chi connectivity index (χ1) is 9.69. The van der Waals surface area contributed by atoms with E-state index in [1.165, 1.54) is 17.7 Å². The van der Waals surface area contributed by atoms with Crippen molar-refractivity contribution in [3.63, 3.8) is 0 Å². The molecule has 0 bridgehead atoms. The summed E-state index contributed by atoms with van der Waals surface area (Å²) < 4.78 is 18.9. The SMILES string of the molecule is Cc1ccc(COc2ccc(F)cc2C#CCCl)cc1. The van der Waals surface area contributed by atoms with Crippen molar-refractivity contribution < 1.29 is 9.13 Å². The van der Waals surface area contributed by atoms with Gasteiger partial charge in [-0.2, -0.15) is 0 Å². The number of ether oxygens (including phenoxy) is 1. The van der Waals surface area contributed by atoms with Crippen molar-refractivity contribution in [1.82, 2.24) is 0 Å². The average Bonchev–Trinajstić information content (AvgIpc) is 2.46. The molecule has 0 amide bonds. The van der Waals surface area contributed by atoms with E-state index in [4.69, 9.17) is 16.3 Å². The molecule has 0 atom stereocenters. The van der Waals surface area contributed by atoms with Gasteiger partial charge < -0.3 is 4.74 Å². The number of halogens is 2.